The van der Waals surface area contributed by atoms with Crippen molar-refractivity contribution in [3.63, 3.8) is 0 Å². The molecular formula is C30H31ClF4N6O7. The maximum atomic E-state index is 14.6. The molecule has 3 amide bonds. The first-order valence-corrected chi connectivity index (χ1v) is 14.9. The first kappa shape index (κ1) is 36.1. The van der Waals surface area contributed by atoms with Gasteiger partial charge in [-0.2, -0.15) is 13.2 Å². The smallest absolute Gasteiger partial charge is 0.387 e. The van der Waals surface area contributed by atoms with Crippen LogP contribution in [0.25, 0.3) is 11.3 Å². The summed E-state index contributed by atoms with van der Waals surface area (Å²) in [7, 11) is 1.38. The number of benzene rings is 2. The number of imidazole rings is 1. The van der Waals surface area contributed by atoms with Gasteiger partial charge in [0.2, 0.25) is 11.7 Å². The van der Waals surface area contributed by atoms with Crippen LogP contribution in [0.2, 0.25) is 5.02 Å². The number of nitrogens with zero attached hydrogens (tertiary/aromatic N) is 3. The topological polar surface area (TPSA) is 175 Å². The van der Waals surface area contributed by atoms with E-state index in [0.29, 0.717) is 39.0 Å². The number of piperidine rings is 1. The summed E-state index contributed by atoms with van der Waals surface area (Å²) in [5.41, 5.74) is 0.0988. The number of aromatic nitrogens is 2. The minimum absolute atomic E-state index is 0.00601. The monoisotopic (exact) mass is 698 g/mol. The van der Waals surface area contributed by atoms with Gasteiger partial charge in [0, 0.05) is 50.4 Å². The van der Waals surface area contributed by atoms with Crippen molar-refractivity contribution in [2.24, 2.45) is 13.0 Å². The third-order valence-corrected chi connectivity index (χ3v) is 8.16. The zero-order valence-corrected chi connectivity index (χ0v) is 26.0. The van der Waals surface area contributed by atoms with Gasteiger partial charge in [-0.05, 0) is 43.2 Å². The first-order valence-electron chi connectivity index (χ1n) is 14.5. The molecule has 2 aliphatic rings. The van der Waals surface area contributed by atoms with E-state index < -0.39 is 36.0 Å². The number of anilines is 1. The fraction of sp³-hybridized carbons (Fsp3) is 0.367. The molecular weight excluding hydrogens is 668 g/mol. The van der Waals surface area contributed by atoms with Gasteiger partial charge >= 0.3 is 6.61 Å². The van der Waals surface area contributed by atoms with E-state index in [9.17, 15) is 37.1 Å². The third kappa shape index (κ3) is 8.21. The van der Waals surface area contributed by atoms with Crippen LogP contribution < -0.4 is 20.7 Å². The molecule has 2 fully saturated rings. The molecule has 0 bridgehead atoms. The van der Waals surface area contributed by atoms with Crippen LogP contribution in [0, 0.1) is 17.6 Å². The number of likely N-dealkylation sites (tertiary alicyclic amines) is 1. The zero-order chi connectivity index (χ0) is 35.1. The van der Waals surface area contributed by atoms with Crippen LogP contribution in [0.1, 0.15) is 33.8 Å². The number of amides is 3. The summed E-state index contributed by atoms with van der Waals surface area (Å²) in [5, 5.41) is 25.3. The normalized spacial score (nSPS) is 17.8. The number of ether oxygens (including phenoxy) is 1. The third-order valence-electron chi connectivity index (χ3n) is 7.85. The Balaban J connectivity index is 0.00000167. The standard InChI is InChI=1S/C29H29ClF4N6O5.CH2O2/c1-39-20(17-4-5-22(45-29(33)34)24(32)23(17)31)12-36-25(39)27(43)37-15-2-3-16(18(30)10-15)28(44)40-8-6-14(7-9-40)26(42)38-19-11-35-13-21(19)41;2-1-3/h2-5,10,12,14,19,21,29,35,41H,6-9,11,13H2,1H3,(H,37,43)(H,38,42);1H,(H,2,3)/t19-,21-;/m1./s1. The Kier molecular flexibility index (Phi) is 12.0. The fourth-order valence-electron chi connectivity index (χ4n) is 5.37. The molecule has 2 atom stereocenters. The molecule has 1 aromatic heterocycles. The molecule has 258 valence electrons. The van der Waals surface area contributed by atoms with Crippen molar-refractivity contribution >= 4 is 41.5 Å². The number of aliphatic hydroxyl groups is 1. The van der Waals surface area contributed by atoms with E-state index in [0.717, 1.165) is 18.3 Å². The minimum Gasteiger partial charge on any atom is -0.483 e. The maximum Gasteiger partial charge on any atom is 0.387 e. The van der Waals surface area contributed by atoms with E-state index in [1.807, 2.05) is 0 Å². The average molecular weight is 699 g/mol. The highest BCUT2D eigenvalue weighted by atomic mass is 35.5. The molecule has 3 aromatic rings. The SMILES string of the molecule is Cn1c(-c2ccc(OC(F)F)c(F)c2F)cnc1C(=O)Nc1ccc(C(=O)N2CCC(C(=O)N[C@@H]3CNC[C@H]3O)CC2)c(Cl)c1.O=CO. The number of hydrogen-bond donors (Lipinski definition) is 5. The molecule has 0 radical (unpaired) electrons. The van der Waals surface area contributed by atoms with Crippen LogP contribution in [-0.2, 0) is 16.6 Å². The van der Waals surface area contributed by atoms with Gasteiger partial charge in [0.25, 0.3) is 18.3 Å². The molecule has 3 heterocycles. The Hall–Kier alpha value is -4.74. The predicted octanol–water partition coefficient (Wildman–Crippen LogP) is 2.87. The lowest BCUT2D eigenvalue weighted by Gasteiger charge is -2.32. The van der Waals surface area contributed by atoms with Crippen molar-refractivity contribution < 1.29 is 51.7 Å². The molecule has 5 N–H and O–H groups in total. The van der Waals surface area contributed by atoms with Gasteiger partial charge in [-0.25, -0.2) is 9.37 Å². The molecule has 0 aliphatic carbocycles. The Bertz CT molecular complexity index is 1670. The second kappa shape index (κ2) is 15.9. The van der Waals surface area contributed by atoms with E-state index in [-0.39, 0.29) is 63.6 Å². The molecule has 13 nitrogen and oxygen atoms in total. The Labute approximate surface area is 275 Å². The van der Waals surface area contributed by atoms with Crippen LogP contribution in [0.5, 0.6) is 5.75 Å². The Morgan fingerprint density at radius 2 is 1.81 bits per heavy atom. The van der Waals surface area contributed by atoms with E-state index in [4.69, 9.17) is 21.5 Å². The molecule has 0 unspecified atom stereocenters. The zero-order valence-electron chi connectivity index (χ0n) is 25.3. The first-order chi connectivity index (χ1) is 22.9. The van der Waals surface area contributed by atoms with Crippen molar-refractivity contribution in [3.05, 3.63) is 64.6 Å². The molecule has 5 rings (SSSR count). The number of carboxylic acid groups (broad SMARTS) is 1. The summed E-state index contributed by atoms with van der Waals surface area (Å²) in [4.78, 5) is 52.7. The molecule has 0 saturated carbocycles. The Morgan fingerprint density at radius 3 is 2.42 bits per heavy atom. The highest BCUT2D eigenvalue weighted by Gasteiger charge is 2.32. The van der Waals surface area contributed by atoms with Crippen molar-refractivity contribution in [2.45, 2.75) is 31.6 Å². The highest BCUT2D eigenvalue weighted by Crippen LogP contribution is 2.31. The van der Waals surface area contributed by atoms with Gasteiger partial charge in [0.05, 0.1) is 34.6 Å². The largest absolute Gasteiger partial charge is 0.483 e. The second-order valence-corrected chi connectivity index (χ2v) is 11.2. The highest BCUT2D eigenvalue weighted by molar-refractivity contribution is 6.34. The van der Waals surface area contributed by atoms with Crippen LogP contribution in [0.15, 0.2) is 36.5 Å². The lowest BCUT2D eigenvalue weighted by atomic mass is 9.95. The van der Waals surface area contributed by atoms with Gasteiger partial charge in [-0.3, -0.25) is 19.2 Å². The van der Waals surface area contributed by atoms with Crippen molar-refractivity contribution in [1.29, 1.82) is 0 Å². The van der Waals surface area contributed by atoms with E-state index in [2.05, 4.69) is 25.7 Å². The van der Waals surface area contributed by atoms with Crippen LogP contribution >= 0.6 is 11.6 Å². The number of carbonyl (C=O) groups is 4. The number of hydrogen-bond acceptors (Lipinski definition) is 8. The van der Waals surface area contributed by atoms with Gasteiger partial charge < -0.3 is 40.4 Å². The number of aliphatic hydroxyl groups excluding tert-OH is 1. The summed E-state index contributed by atoms with van der Waals surface area (Å²) in [6.45, 7) is -1.99. The maximum absolute atomic E-state index is 14.6. The lowest BCUT2D eigenvalue weighted by Crippen LogP contribution is -2.48. The van der Waals surface area contributed by atoms with Crippen LogP contribution in [0.4, 0.5) is 23.2 Å². The second-order valence-electron chi connectivity index (χ2n) is 10.8. The van der Waals surface area contributed by atoms with Crippen LogP contribution in [0.3, 0.4) is 0 Å². The summed E-state index contributed by atoms with van der Waals surface area (Å²) < 4.78 is 59.0. The molecule has 2 saturated heterocycles. The number of β-amino-alcohol motifs (C(OH)–C–C–N with tert-alkyl or cyclic N) is 1. The van der Waals surface area contributed by atoms with Gasteiger partial charge in [-0.15, -0.1) is 0 Å². The lowest BCUT2D eigenvalue weighted by molar-refractivity contribution is -0.127. The number of halogens is 5. The van der Waals surface area contributed by atoms with Crippen molar-refractivity contribution in [2.75, 3.05) is 31.5 Å². The van der Waals surface area contributed by atoms with Gasteiger partial charge in [-0.1, -0.05) is 11.6 Å². The summed E-state index contributed by atoms with van der Waals surface area (Å²) >= 11 is 6.41. The number of alkyl halides is 2. The van der Waals surface area contributed by atoms with E-state index >= 15 is 0 Å². The summed E-state index contributed by atoms with van der Waals surface area (Å²) in [6, 6.07) is 5.85. The molecule has 2 aromatic carbocycles. The summed E-state index contributed by atoms with van der Waals surface area (Å²) in [5.74, 6) is -5.70. The van der Waals surface area contributed by atoms with Crippen molar-refractivity contribution in [3.8, 4) is 17.0 Å². The summed E-state index contributed by atoms with van der Waals surface area (Å²) in [6.07, 6.45) is 1.40. The Morgan fingerprint density at radius 1 is 1.12 bits per heavy atom. The molecule has 18 heteroatoms. The molecule has 48 heavy (non-hydrogen) atoms. The molecule has 0 spiro atoms. The number of carbonyl (C=O) groups excluding carboxylic acids is 3. The molecule has 2 aliphatic heterocycles. The van der Waals surface area contributed by atoms with Crippen molar-refractivity contribution in [1.82, 2.24) is 25.1 Å². The average Bonchev–Trinajstić information content (AvgIpc) is 3.64. The van der Waals surface area contributed by atoms with Gasteiger partial charge in [0.1, 0.15) is 0 Å². The minimum atomic E-state index is -3.34. The quantitative estimate of drug-likeness (QED) is 0.175. The van der Waals surface area contributed by atoms with E-state index in [1.54, 1.807) is 4.90 Å². The number of nitrogens with one attached hydrogen (secondary N) is 3. The van der Waals surface area contributed by atoms with E-state index in [1.165, 1.54) is 29.8 Å². The van der Waals surface area contributed by atoms with Crippen LogP contribution in [-0.4, -0.2) is 93.8 Å². The van der Waals surface area contributed by atoms with Gasteiger partial charge in [0.15, 0.2) is 17.4 Å². The predicted molar refractivity (Wildman–Crippen MR) is 163 cm³/mol. The fourth-order valence-corrected chi connectivity index (χ4v) is 5.63. The number of rotatable bonds is 8.